The Balaban J connectivity index is 1.95. The first-order valence-electron chi connectivity index (χ1n) is 8.10. The van der Waals surface area contributed by atoms with Crippen molar-refractivity contribution in [3.63, 3.8) is 0 Å². The summed E-state index contributed by atoms with van der Waals surface area (Å²) < 4.78 is 1.58. The molecule has 26 heavy (non-hydrogen) atoms. The first kappa shape index (κ1) is 17.3. The van der Waals surface area contributed by atoms with Gasteiger partial charge in [0.1, 0.15) is 12.2 Å². The van der Waals surface area contributed by atoms with Crippen LogP contribution in [-0.4, -0.2) is 52.1 Å². The minimum Gasteiger partial charge on any atom is -0.347 e. The lowest BCUT2D eigenvalue weighted by Crippen LogP contribution is -2.40. The van der Waals surface area contributed by atoms with E-state index >= 15 is 0 Å². The normalized spacial score (nSPS) is 10.4. The number of carbonyl (C=O) groups excluding carboxylic acids is 2. The predicted octanol–water partition coefficient (Wildman–Crippen LogP) is 2.00. The molecule has 132 valence electrons. The summed E-state index contributed by atoms with van der Waals surface area (Å²) in [5.74, 6) is 0.0126. The van der Waals surface area contributed by atoms with Crippen molar-refractivity contribution in [2.75, 3.05) is 25.5 Å². The average Bonchev–Trinajstić information content (AvgIpc) is 3.21. The van der Waals surface area contributed by atoms with Crippen LogP contribution in [0.3, 0.4) is 0 Å². The highest BCUT2D eigenvalue weighted by Crippen LogP contribution is 2.17. The molecule has 1 aromatic carbocycles. The van der Waals surface area contributed by atoms with Crippen LogP contribution in [0.5, 0.6) is 0 Å². The Morgan fingerprint density at radius 1 is 1.00 bits per heavy atom. The molecule has 0 aliphatic heterocycles. The fourth-order valence-electron chi connectivity index (χ4n) is 2.38. The molecule has 0 N–H and O–H groups in total. The van der Waals surface area contributed by atoms with Gasteiger partial charge in [-0.2, -0.15) is 5.10 Å². The number of pyridine rings is 1. The zero-order chi connectivity index (χ0) is 18.5. The molecule has 0 aliphatic rings. The van der Waals surface area contributed by atoms with E-state index in [9.17, 15) is 9.59 Å². The van der Waals surface area contributed by atoms with Crippen LogP contribution in [0.1, 0.15) is 10.5 Å². The van der Waals surface area contributed by atoms with E-state index in [2.05, 4.69) is 10.1 Å². The van der Waals surface area contributed by atoms with Crippen LogP contribution in [0, 0.1) is 0 Å². The third kappa shape index (κ3) is 3.77. The van der Waals surface area contributed by atoms with Crippen LogP contribution in [0.4, 0.5) is 5.69 Å². The largest absolute Gasteiger partial charge is 0.347 e. The number of rotatable bonds is 5. The summed E-state index contributed by atoms with van der Waals surface area (Å²) in [5.41, 5.74) is 0.882. The number of amides is 2. The van der Waals surface area contributed by atoms with E-state index in [-0.39, 0.29) is 24.1 Å². The Bertz CT molecular complexity index is 891. The maximum absolute atomic E-state index is 13.1. The molecular formula is C19H19N5O2. The third-order valence-electron chi connectivity index (χ3n) is 3.80. The van der Waals surface area contributed by atoms with Crippen LogP contribution in [-0.2, 0) is 4.79 Å². The van der Waals surface area contributed by atoms with Crippen molar-refractivity contribution in [2.24, 2.45) is 0 Å². The fourth-order valence-corrected chi connectivity index (χ4v) is 2.38. The lowest BCUT2D eigenvalue weighted by Gasteiger charge is -2.23. The Morgan fingerprint density at radius 2 is 1.77 bits per heavy atom. The fraction of sp³-hybridized carbons (Fsp3) is 0.158. The summed E-state index contributed by atoms with van der Waals surface area (Å²) >= 11 is 0. The number of nitrogens with zero attached hydrogens (tertiary/aromatic N) is 5. The standard InChI is InChI=1S/C19H19N5O2/c1-22(2)18(25)14-23(15-8-4-3-5-9-15)19(26)16-10-6-11-17(21-16)24-13-7-12-20-24/h3-13H,14H2,1-2H3. The molecule has 0 bridgehead atoms. The van der Waals surface area contributed by atoms with E-state index < -0.39 is 0 Å². The molecule has 3 rings (SSSR count). The van der Waals surface area contributed by atoms with Gasteiger partial charge in [-0.05, 0) is 30.3 Å². The maximum atomic E-state index is 13.1. The van der Waals surface area contributed by atoms with Gasteiger partial charge < -0.3 is 4.90 Å². The molecule has 2 heterocycles. The van der Waals surface area contributed by atoms with E-state index in [0.29, 0.717) is 11.5 Å². The second-order valence-electron chi connectivity index (χ2n) is 5.85. The van der Waals surface area contributed by atoms with Crippen LogP contribution in [0.15, 0.2) is 67.0 Å². The topological polar surface area (TPSA) is 71.3 Å². The Kier molecular flexibility index (Phi) is 5.07. The molecule has 0 spiro atoms. The molecule has 2 amide bonds. The monoisotopic (exact) mass is 349 g/mol. The summed E-state index contributed by atoms with van der Waals surface area (Å²) in [7, 11) is 3.32. The first-order chi connectivity index (χ1) is 12.6. The van der Waals surface area contributed by atoms with Crippen molar-refractivity contribution in [1.82, 2.24) is 19.7 Å². The van der Waals surface area contributed by atoms with Crippen LogP contribution < -0.4 is 4.90 Å². The average molecular weight is 349 g/mol. The Labute approximate surface area is 151 Å². The number of aromatic nitrogens is 3. The van der Waals surface area contributed by atoms with E-state index in [1.165, 1.54) is 9.80 Å². The minimum atomic E-state index is -0.347. The number of hydrogen-bond donors (Lipinski definition) is 0. The quantitative estimate of drug-likeness (QED) is 0.706. The second-order valence-corrected chi connectivity index (χ2v) is 5.85. The zero-order valence-electron chi connectivity index (χ0n) is 14.6. The highest BCUT2D eigenvalue weighted by molar-refractivity contribution is 6.07. The van der Waals surface area contributed by atoms with E-state index in [4.69, 9.17) is 0 Å². The smallest absolute Gasteiger partial charge is 0.277 e. The Hall–Kier alpha value is -3.48. The van der Waals surface area contributed by atoms with Crippen molar-refractivity contribution in [3.8, 4) is 5.82 Å². The summed E-state index contributed by atoms with van der Waals surface area (Å²) in [6.45, 7) is -0.0659. The molecule has 0 unspecified atom stereocenters. The molecule has 0 fully saturated rings. The van der Waals surface area contributed by atoms with Gasteiger partial charge in [-0.3, -0.25) is 14.5 Å². The van der Waals surface area contributed by atoms with Crippen LogP contribution in [0.25, 0.3) is 5.82 Å². The lowest BCUT2D eigenvalue weighted by molar-refractivity contribution is -0.127. The molecule has 2 aromatic heterocycles. The van der Waals surface area contributed by atoms with Crippen LogP contribution in [0.2, 0.25) is 0 Å². The number of anilines is 1. The first-order valence-corrected chi connectivity index (χ1v) is 8.10. The van der Waals surface area contributed by atoms with Gasteiger partial charge in [0, 0.05) is 32.2 Å². The summed E-state index contributed by atoms with van der Waals surface area (Å²) in [6, 6.07) is 16.0. The van der Waals surface area contributed by atoms with Gasteiger partial charge in [0.2, 0.25) is 5.91 Å². The summed E-state index contributed by atoms with van der Waals surface area (Å²) in [6.07, 6.45) is 3.39. The molecule has 0 aliphatic carbocycles. The predicted molar refractivity (Wildman–Crippen MR) is 98.2 cm³/mol. The van der Waals surface area contributed by atoms with Gasteiger partial charge in [0.25, 0.3) is 5.91 Å². The van der Waals surface area contributed by atoms with Crippen molar-refractivity contribution >= 4 is 17.5 Å². The van der Waals surface area contributed by atoms with Crippen molar-refractivity contribution in [1.29, 1.82) is 0 Å². The van der Waals surface area contributed by atoms with Gasteiger partial charge in [0.05, 0.1) is 0 Å². The van der Waals surface area contributed by atoms with Crippen molar-refractivity contribution < 1.29 is 9.59 Å². The molecule has 0 saturated heterocycles. The maximum Gasteiger partial charge on any atom is 0.277 e. The number of benzene rings is 1. The lowest BCUT2D eigenvalue weighted by atomic mass is 10.2. The number of carbonyl (C=O) groups is 2. The second kappa shape index (κ2) is 7.60. The van der Waals surface area contributed by atoms with Gasteiger partial charge in [0.15, 0.2) is 5.82 Å². The number of para-hydroxylation sites is 1. The van der Waals surface area contributed by atoms with Gasteiger partial charge >= 0.3 is 0 Å². The summed E-state index contributed by atoms with van der Waals surface area (Å²) in [5, 5.41) is 4.13. The van der Waals surface area contributed by atoms with Gasteiger partial charge in [-0.15, -0.1) is 0 Å². The van der Waals surface area contributed by atoms with Crippen molar-refractivity contribution in [3.05, 3.63) is 72.7 Å². The van der Waals surface area contributed by atoms with Crippen molar-refractivity contribution in [2.45, 2.75) is 0 Å². The Morgan fingerprint density at radius 3 is 2.42 bits per heavy atom. The van der Waals surface area contributed by atoms with E-state index in [1.54, 1.807) is 67.6 Å². The zero-order valence-corrected chi connectivity index (χ0v) is 14.6. The van der Waals surface area contributed by atoms with E-state index in [0.717, 1.165) is 0 Å². The number of likely N-dealkylation sites (N-methyl/N-ethyl adjacent to an activating group) is 1. The molecule has 0 atom stereocenters. The number of hydrogen-bond acceptors (Lipinski definition) is 4. The van der Waals surface area contributed by atoms with E-state index in [1.807, 2.05) is 18.2 Å². The highest BCUT2D eigenvalue weighted by atomic mass is 16.2. The van der Waals surface area contributed by atoms with Gasteiger partial charge in [-0.1, -0.05) is 24.3 Å². The molecule has 7 heteroatoms. The molecule has 0 saturated carbocycles. The minimum absolute atomic E-state index is 0.0659. The van der Waals surface area contributed by atoms with Crippen LogP contribution >= 0.6 is 0 Å². The molecular weight excluding hydrogens is 330 g/mol. The summed E-state index contributed by atoms with van der Waals surface area (Å²) in [4.78, 5) is 32.6. The molecule has 7 nitrogen and oxygen atoms in total. The molecule has 0 radical (unpaired) electrons. The van der Waals surface area contributed by atoms with Gasteiger partial charge in [-0.25, -0.2) is 9.67 Å². The molecule has 3 aromatic rings. The third-order valence-corrected chi connectivity index (χ3v) is 3.80. The SMILES string of the molecule is CN(C)C(=O)CN(C(=O)c1cccc(-n2cccn2)n1)c1ccccc1. The highest BCUT2D eigenvalue weighted by Gasteiger charge is 2.22.